The molecule has 9 heavy (non-hydrogen) atoms. The van der Waals surface area contributed by atoms with E-state index >= 15 is 0 Å². The summed E-state index contributed by atoms with van der Waals surface area (Å²) in [5.41, 5.74) is 6.26. The molecule has 0 fully saturated rings. The lowest BCUT2D eigenvalue weighted by molar-refractivity contribution is 1.30. The summed E-state index contributed by atoms with van der Waals surface area (Å²) in [6.45, 7) is 3.67. The molecule has 2 nitrogen and oxygen atoms in total. The highest BCUT2D eigenvalue weighted by atomic mass is 79.9. The first kappa shape index (κ1) is 6.55. The summed E-state index contributed by atoms with van der Waals surface area (Å²) >= 11 is 3.22. The highest BCUT2D eigenvalue weighted by Gasteiger charge is 1.93. The van der Waals surface area contributed by atoms with Crippen LogP contribution < -0.4 is 5.73 Å². The van der Waals surface area contributed by atoms with Crippen molar-refractivity contribution in [3.63, 3.8) is 0 Å². The highest BCUT2D eigenvalue weighted by Crippen LogP contribution is 2.16. The Balaban J connectivity index is 3.17. The maximum absolute atomic E-state index is 5.40. The molecule has 1 rings (SSSR count). The van der Waals surface area contributed by atoms with Crippen molar-refractivity contribution in [1.82, 2.24) is 4.98 Å². The second-order valence-corrected chi connectivity index (χ2v) is 2.56. The predicted molar refractivity (Wildman–Crippen MR) is 40.8 cm³/mol. The number of rotatable bonds is 0. The third-order valence-electron chi connectivity index (χ3n) is 0.926. The van der Waals surface area contributed by atoms with Gasteiger partial charge in [-0.25, -0.2) is 4.98 Å². The van der Waals surface area contributed by atoms with Crippen LogP contribution in [0.25, 0.3) is 0 Å². The topological polar surface area (TPSA) is 38.9 Å². The van der Waals surface area contributed by atoms with Crippen molar-refractivity contribution >= 4 is 21.7 Å². The first-order valence-electron chi connectivity index (χ1n) is 2.43. The van der Waals surface area contributed by atoms with Gasteiger partial charge in [0, 0.05) is 6.20 Å². The molecule has 2 N–H and O–H groups in total. The molecule has 1 aromatic heterocycles. The Labute approximate surface area is 62.2 Å². The minimum Gasteiger partial charge on any atom is -0.383 e. The number of hydrogen-bond donors (Lipinski definition) is 1. The monoisotopic (exact) mass is 185 g/mol. The summed E-state index contributed by atoms with van der Waals surface area (Å²) in [6.07, 6.45) is 1.63. The van der Waals surface area contributed by atoms with Gasteiger partial charge in [0.05, 0.1) is 4.47 Å². The molecule has 0 atom stereocenters. The summed E-state index contributed by atoms with van der Waals surface area (Å²) < 4.78 is 0.801. The Hall–Kier alpha value is -0.570. The van der Waals surface area contributed by atoms with Gasteiger partial charge in [0.2, 0.25) is 0 Å². The molecule has 0 spiro atoms. The lowest BCUT2D eigenvalue weighted by Crippen LogP contribution is -1.90. The summed E-state index contributed by atoms with van der Waals surface area (Å²) in [6, 6.07) is 1.82. The van der Waals surface area contributed by atoms with E-state index in [4.69, 9.17) is 5.73 Å². The van der Waals surface area contributed by atoms with Crippen LogP contribution in [0.4, 0.5) is 5.82 Å². The van der Waals surface area contributed by atoms with Crippen LogP contribution in [0.5, 0.6) is 0 Å². The van der Waals surface area contributed by atoms with Gasteiger partial charge in [0.25, 0.3) is 0 Å². The Morgan fingerprint density at radius 3 is 2.78 bits per heavy atom. The largest absolute Gasteiger partial charge is 0.383 e. The molecule has 0 bridgehead atoms. The third kappa shape index (κ3) is 1.42. The predicted octanol–water partition coefficient (Wildman–Crippen LogP) is 1.61. The molecule has 1 radical (unpaired) electrons. The molecule has 0 amide bonds. The van der Waals surface area contributed by atoms with Crippen LogP contribution in [0.3, 0.4) is 0 Å². The molecule has 1 heterocycles. The van der Waals surface area contributed by atoms with Gasteiger partial charge >= 0.3 is 0 Å². The van der Waals surface area contributed by atoms with E-state index in [2.05, 4.69) is 27.8 Å². The average molecular weight is 186 g/mol. The zero-order chi connectivity index (χ0) is 6.85. The van der Waals surface area contributed by atoms with E-state index in [0.717, 1.165) is 10.0 Å². The molecule has 0 aliphatic carbocycles. The quantitative estimate of drug-likeness (QED) is 0.668. The molecule has 0 aliphatic heterocycles. The second kappa shape index (κ2) is 2.35. The highest BCUT2D eigenvalue weighted by molar-refractivity contribution is 9.10. The molecule has 0 saturated heterocycles. The number of anilines is 1. The van der Waals surface area contributed by atoms with Gasteiger partial charge in [-0.2, -0.15) is 0 Å². The van der Waals surface area contributed by atoms with E-state index in [9.17, 15) is 0 Å². The molecule has 0 saturated carbocycles. The minimum atomic E-state index is 0.502. The summed E-state index contributed by atoms with van der Waals surface area (Å²) in [7, 11) is 0. The third-order valence-corrected chi connectivity index (χ3v) is 1.56. The van der Waals surface area contributed by atoms with Gasteiger partial charge in [-0.1, -0.05) is 0 Å². The standard InChI is InChI=1S/C6H6BrN2/c1-4-2-5(7)6(8)9-3-4/h2-3H,1H2,(H2,8,9). The molecule has 3 heteroatoms. The number of nitrogens with two attached hydrogens (primary N) is 1. The van der Waals surface area contributed by atoms with Crippen molar-refractivity contribution in [2.45, 2.75) is 0 Å². The summed E-state index contributed by atoms with van der Waals surface area (Å²) in [4.78, 5) is 3.85. The lowest BCUT2D eigenvalue weighted by Gasteiger charge is -1.95. The van der Waals surface area contributed by atoms with Crippen molar-refractivity contribution in [2.24, 2.45) is 0 Å². The first-order valence-corrected chi connectivity index (χ1v) is 3.22. The zero-order valence-corrected chi connectivity index (χ0v) is 6.35. The van der Waals surface area contributed by atoms with Crippen molar-refractivity contribution in [3.8, 4) is 0 Å². The fourth-order valence-corrected chi connectivity index (χ4v) is 0.885. The SMILES string of the molecule is [CH2]c1cnc(N)c(Br)c1. The Bertz CT molecular complexity index is 222. The summed E-state index contributed by atoms with van der Waals surface area (Å²) in [5, 5.41) is 0. The second-order valence-electron chi connectivity index (χ2n) is 1.71. The molecule has 0 aromatic carbocycles. The van der Waals surface area contributed by atoms with Crippen LogP contribution in [-0.2, 0) is 0 Å². The van der Waals surface area contributed by atoms with Gasteiger partial charge in [0.1, 0.15) is 5.82 Å². The van der Waals surface area contributed by atoms with Crippen LogP contribution in [-0.4, -0.2) is 4.98 Å². The van der Waals surface area contributed by atoms with Crippen molar-refractivity contribution in [1.29, 1.82) is 0 Å². The van der Waals surface area contributed by atoms with Gasteiger partial charge in [-0.3, -0.25) is 0 Å². The number of halogens is 1. The van der Waals surface area contributed by atoms with Crippen molar-refractivity contribution in [2.75, 3.05) is 5.73 Å². The van der Waals surface area contributed by atoms with E-state index < -0.39 is 0 Å². The number of nitrogens with zero attached hydrogens (tertiary/aromatic N) is 1. The average Bonchev–Trinajstić information content (AvgIpc) is 1.80. The van der Waals surface area contributed by atoms with Gasteiger partial charge in [0.15, 0.2) is 0 Å². The van der Waals surface area contributed by atoms with Gasteiger partial charge < -0.3 is 5.73 Å². The van der Waals surface area contributed by atoms with E-state index in [1.54, 1.807) is 6.20 Å². The summed E-state index contributed by atoms with van der Waals surface area (Å²) in [5.74, 6) is 0.502. The van der Waals surface area contributed by atoms with Gasteiger partial charge in [-0.15, -0.1) is 0 Å². The Morgan fingerprint density at radius 1 is 1.67 bits per heavy atom. The molecule has 0 aliphatic rings. The van der Waals surface area contributed by atoms with Gasteiger partial charge in [-0.05, 0) is 34.5 Å². The molecular formula is C6H6BrN2. The number of pyridine rings is 1. The normalized spacial score (nSPS) is 9.56. The molecule has 47 valence electrons. The maximum atomic E-state index is 5.40. The molecule has 1 aromatic rings. The fourth-order valence-electron chi connectivity index (χ4n) is 0.488. The zero-order valence-electron chi connectivity index (χ0n) is 4.76. The smallest absolute Gasteiger partial charge is 0.137 e. The molecule has 0 unspecified atom stereocenters. The van der Waals surface area contributed by atoms with Crippen molar-refractivity contribution in [3.05, 3.63) is 29.2 Å². The Kier molecular flexibility index (Phi) is 1.71. The number of aromatic nitrogens is 1. The lowest BCUT2D eigenvalue weighted by atomic mass is 10.3. The van der Waals surface area contributed by atoms with Crippen LogP contribution in [0.15, 0.2) is 16.7 Å². The maximum Gasteiger partial charge on any atom is 0.137 e. The molecular weight excluding hydrogens is 180 g/mol. The first-order chi connectivity index (χ1) is 4.20. The Morgan fingerprint density at radius 2 is 2.33 bits per heavy atom. The van der Waals surface area contributed by atoms with Crippen LogP contribution in [0, 0.1) is 6.92 Å². The van der Waals surface area contributed by atoms with Crippen LogP contribution >= 0.6 is 15.9 Å². The van der Waals surface area contributed by atoms with E-state index in [1.807, 2.05) is 6.07 Å². The van der Waals surface area contributed by atoms with E-state index in [0.29, 0.717) is 5.82 Å². The fraction of sp³-hybridized carbons (Fsp3) is 0. The van der Waals surface area contributed by atoms with E-state index in [-0.39, 0.29) is 0 Å². The minimum absolute atomic E-state index is 0.502. The van der Waals surface area contributed by atoms with Crippen molar-refractivity contribution < 1.29 is 0 Å². The van der Waals surface area contributed by atoms with E-state index in [1.165, 1.54) is 0 Å². The van der Waals surface area contributed by atoms with Crippen LogP contribution in [0.1, 0.15) is 5.56 Å². The number of nitrogen functional groups attached to an aromatic ring is 1. The number of hydrogen-bond acceptors (Lipinski definition) is 2. The van der Waals surface area contributed by atoms with Crippen LogP contribution in [0.2, 0.25) is 0 Å².